The molecule has 0 saturated carbocycles. The molecule has 0 bridgehead atoms. The lowest BCUT2D eigenvalue weighted by Crippen LogP contribution is -2.50. The topological polar surface area (TPSA) is 85.6 Å². The van der Waals surface area contributed by atoms with Gasteiger partial charge in [-0.25, -0.2) is 4.79 Å². The summed E-state index contributed by atoms with van der Waals surface area (Å²) in [7, 11) is 1.34. The highest BCUT2D eigenvalue weighted by Gasteiger charge is 2.27. The van der Waals surface area contributed by atoms with E-state index in [1.807, 2.05) is 4.90 Å². The molecule has 1 rings (SSSR count). The third kappa shape index (κ3) is 4.90. The van der Waals surface area contributed by atoms with Crippen LogP contribution in [0.4, 0.5) is 4.79 Å². The first-order valence-corrected chi connectivity index (χ1v) is 6.24. The molecule has 0 spiro atoms. The van der Waals surface area contributed by atoms with Crippen LogP contribution in [0.25, 0.3) is 0 Å². The number of alkyl carbamates (subject to hydrolysis) is 1. The maximum absolute atomic E-state index is 11.2. The first kappa shape index (κ1) is 14.7. The molecule has 6 nitrogen and oxygen atoms in total. The van der Waals surface area contributed by atoms with Crippen LogP contribution in [0, 0.1) is 17.2 Å². The fraction of sp³-hybridized carbons (Fsp3) is 0.833. The molecule has 0 aliphatic carbocycles. The smallest absolute Gasteiger partial charge is 0.407 e. The lowest BCUT2D eigenvalue weighted by molar-refractivity contribution is 0.126. The Kier molecular flexibility index (Phi) is 6.47. The number of nitrogens with zero attached hydrogens (tertiary/aromatic N) is 2. The molecule has 1 amide bonds. The molecular weight excluding hydrogens is 234 g/mol. The first-order chi connectivity index (χ1) is 8.69. The van der Waals surface area contributed by atoms with Gasteiger partial charge in [0, 0.05) is 25.7 Å². The Morgan fingerprint density at radius 2 is 2.39 bits per heavy atom. The molecule has 1 heterocycles. The zero-order chi connectivity index (χ0) is 13.4. The Labute approximate surface area is 108 Å². The van der Waals surface area contributed by atoms with E-state index in [2.05, 4.69) is 16.1 Å². The molecule has 1 aliphatic rings. The third-order valence-electron chi connectivity index (χ3n) is 3.19. The summed E-state index contributed by atoms with van der Waals surface area (Å²) in [5.74, 6) is 0.404. The van der Waals surface area contributed by atoms with Gasteiger partial charge in [0.05, 0.1) is 19.7 Å². The highest BCUT2D eigenvalue weighted by molar-refractivity contribution is 5.67. The average molecular weight is 255 g/mol. The summed E-state index contributed by atoms with van der Waals surface area (Å²) in [5, 5.41) is 20.4. The van der Waals surface area contributed by atoms with Gasteiger partial charge in [-0.2, -0.15) is 5.26 Å². The quantitative estimate of drug-likeness (QED) is 0.691. The van der Waals surface area contributed by atoms with Crippen LogP contribution in [0.15, 0.2) is 0 Å². The van der Waals surface area contributed by atoms with Gasteiger partial charge in [0.25, 0.3) is 0 Å². The van der Waals surface area contributed by atoms with E-state index in [0.29, 0.717) is 19.0 Å². The molecule has 0 aromatic carbocycles. The van der Waals surface area contributed by atoms with Crippen molar-refractivity contribution in [2.75, 3.05) is 33.4 Å². The molecule has 0 aromatic rings. The van der Waals surface area contributed by atoms with Crippen molar-refractivity contribution in [1.29, 1.82) is 5.26 Å². The normalized spacial score (nSPS) is 24.3. The fourth-order valence-corrected chi connectivity index (χ4v) is 2.45. The molecular formula is C12H21N3O3. The number of aliphatic hydroxyl groups excluding tert-OH is 1. The molecule has 102 valence electrons. The molecule has 6 heteroatoms. The lowest BCUT2D eigenvalue weighted by atomic mass is 9.90. The van der Waals surface area contributed by atoms with Crippen molar-refractivity contribution in [3.63, 3.8) is 0 Å². The number of piperidine rings is 1. The second-order valence-corrected chi connectivity index (χ2v) is 4.65. The number of amides is 1. The number of carbonyl (C=O) groups is 1. The van der Waals surface area contributed by atoms with Gasteiger partial charge in [-0.05, 0) is 25.2 Å². The Hall–Kier alpha value is -1.32. The Balaban J connectivity index is 2.50. The van der Waals surface area contributed by atoms with Crippen molar-refractivity contribution in [1.82, 2.24) is 10.2 Å². The minimum atomic E-state index is -0.431. The minimum absolute atomic E-state index is 0.0169. The lowest BCUT2D eigenvalue weighted by Gasteiger charge is -2.36. The predicted octanol–water partition coefficient (Wildman–Crippen LogP) is 0.329. The Morgan fingerprint density at radius 3 is 3.00 bits per heavy atom. The van der Waals surface area contributed by atoms with Crippen LogP contribution in [0.5, 0.6) is 0 Å². The summed E-state index contributed by atoms with van der Waals surface area (Å²) in [6, 6.07) is 2.15. The summed E-state index contributed by atoms with van der Waals surface area (Å²) in [5.41, 5.74) is 0. The third-order valence-corrected chi connectivity index (χ3v) is 3.19. The number of hydrogen-bond acceptors (Lipinski definition) is 5. The van der Waals surface area contributed by atoms with Crippen LogP contribution in [0.2, 0.25) is 0 Å². The monoisotopic (exact) mass is 255 g/mol. The van der Waals surface area contributed by atoms with E-state index in [1.165, 1.54) is 7.11 Å². The predicted molar refractivity (Wildman–Crippen MR) is 65.8 cm³/mol. The molecule has 2 atom stereocenters. The molecule has 0 aromatic heterocycles. The number of aliphatic hydroxyl groups is 1. The van der Waals surface area contributed by atoms with E-state index in [-0.39, 0.29) is 12.6 Å². The zero-order valence-corrected chi connectivity index (χ0v) is 10.8. The van der Waals surface area contributed by atoms with E-state index in [0.717, 1.165) is 25.8 Å². The van der Waals surface area contributed by atoms with Gasteiger partial charge in [0.2, 0.25) is 0 Å². The van der Waals surface area contributed by atoms with E-state index >= 15 is 0 Å². The highest BCUT2D eigenvalue weighted by atomic mass is 16.5. The number of carbonyl (C=O) groups excluding carboxylic acids is 1. The molecule has 18 heavy (non-hydrogen) atoms. The van der Waals surface area contributed by atoms with Crippen LogP contribution in [0.1, 0.15) is 19.3 Å². The summed E-state index contributed by atoms with van der Waals surface area (Å²) in [4.78, 5) is 13.2. The molecule has 1 saturated heterocycles. The van der Waals surface area contributed by atoms with E-state index in [9.17, 15) is 4.79 Å². The molecule has 1 fully saturated rings. The Morgan fingerprint density at radius 1 is 1.61 bits per heavy atom. The van der Waals surface area contributed by atoms with Crippen molar-refractivity contribution in [2.45, 2.75) is 25.3 Å². The van der Waals surface area contributed by atoms with Gasteiger partial charge in [0.15, 0.2) is 0 Å². The van der Waals surface area contributed by atoms with Gasteiger partial charge >= 0.3 is 6.09 Å². The van der Waals surface area contributed by atoms with Gasteiger partial charge < -0.3 is 15.2 Å². The summed E-state index contributed by atoms with van der Waals surface area (Å²) in [6.45, 7) is 2.09. The fourth-order valence-electron chi connectivity index (χ4n) is 2.45. The maximum atomic E-state index is 11.2. The molecule has 1 aliphatic heterocycles. The molecule has 2 unspecified atom stereocenters. The average Bonchev–Trinajstić information content (AvgIpc) is 2.36. The van der Waals surface area contributed by atoms with Crippen molar-refractivity contribution in [3.8, 4) is 6.07 Å². The standard InChI is InChI=1S/C12H21N3O3/c1-18-12(17)14-11-7-10(3-2-6-16)8-15(9-11)5-4-13/h10-11,16H,2-3,5-9H2,1H3,(H,14,17). The maximum Gasteiger partial charge on any atom is 0.407 e. The van der Waals surface area contributed by atoms with Gasteiger partial charge in [-0.15, -0.1) is 0 Å². The molecule has 0 radical (unpaired) electrons. The first-order valence-electron chi connectivity index (χ1n) is 6.24. The SMILES string of the molecule is COC(=O)NC1CC(CCCO)CN(CC#N)C1. The van der Waals surface area contributed by atoms with Gasteiger partial charge in [-0.3, -0.25) is 4.90 Å². The van der Waals surface area contributed by atoms with Crippen molar-refractivity contribution < 1.29 is 14.6 Å². The summed E-state index contributed by atoms with van der Waals surface area (Å²) < 4.78 is 4.59. The van der Waals surface area contributed by atoms with E-state index < -0.39 is 6.09 Å². The van der Waals surface area contributed by atoms with E-state index in [4.69, 9.17) is 10.4 Å². The highest BCUT2D eigenvalue weighted by Crippen LogP contribution is 2.21. The minimum Gasteiger partial charge on any atom is -0.453 e. The largest absolute Gasteiger partial charge is 0.453 e. The molecule has 2 N–H and O–H groups in total. The number of rotatable bonds is 5. The number of nitrogens with one attached hydrogen (secondary N) is 1. The number of likely N-dealkylation sites (tertiary alicyclic amines) is 1. The van der Waals surface area contributed by atoms with Crippen LogP contribution in [0.3, 0.4) is 0 Å². The van der Waals surface area contributed by atoms with Crippen molar-refractivity contribution in [3.05, 3.63) is 0 Å². The van der Waals surface area contributed by atoms with E-state index in [1.54, 1.807) is 0 Å². The summed E-state index contributed by atoms with van der Waals surface area (Å²) >= 11 is 0. The summed E-state index contributed by atoms with van der Waals surface area (Å²) in [6.07, 6.45) is 2.12. The second-order valence-electron chi connectivity index (χ2n) is 4.65. The van der Waals surface area contributed by atoms with Gasteiger partial charge in [0.1, 0.15) is 0 Å². The number of ether oxygens (including phenoxy) is 1. The number of hydrogen-bond donors (Lipinski definition) is 2. The van der Waals surface area contributed by atoms with Crippen LogP contribution >= 0.6 is 0 Å². The van der Waals surface area contributed by atoms with Crippen LogP contribution < -0.4 is 5.32 Å². The Bertz CT molecular complexity index is 303. The number of nitriles is 1. The second kappa shape index (κ2) is 7.90. The van der Waals surface area contributed by atoms with Crippen LogP contribution in [-0.2, 0) is 4.74 Å². The van der Waals surface area contributed by atoms with Crippen molar-refractivity contribution >= 4 is 6.09 Å². The zero-order valence-electron chi connectivity index (χ0n) is 10.8. The van der Waals surface area contributed by atoms with Crippen LogP contribution in [-0.4, -0.2) is 55.5 Å². The van der Waals surface area contributed by atoms with Gasteiger partial charge in [-0.1, -0.05) is 0 Å². The van der Waals surface area contributed by atoms with Crippen molar-refractivity contribution in [2.24, 2.45) is 5.92 Å². The number of methoxy groups -OCH3 is 1.